The van der Waals surface area contributed by atoms with E-state index < -0.39 is 0 Å². The van der Waals surface area contributed by atoms with Crippen LogP contribution in [-0.2, 0) is 6.54 Å². The van der Waals surface area contributed by atoms with Crippen LogP contribution in [0.15, 0.2) is 47.2 Å². The molecule has 0 aliphatic heterocycles. The van der Waals surface area contributed by atoms with Gasteiger partial charge in [-0.1, -0.05) is 30.3 Å². The molecule has 0 saturated heterocycles. The number of halogens is 1. The van der Waals surface area contributed by atoms with Crippen molar-refractivity contribution in [2.24, 2.45) is 0 Å². The standard InChI is InChI=1S/C15H19BrN4/c1-20(12-13-6-3-2-4-7-13)9-5-8-17-15-18-10-14(16)11-19-15/h2-4,6-7,10-11H,5,8-9,12H2,1H3,(H,17,18,19). The van der Waals surface area contributed by atoms with Crippen LogP contribution in [-0.4, -0.2) is 35.0 Å². The molecule has 0 aliphatic carbocycles. The molecule has 0 amide bonds. The van der Waals surface area contributed by atoms with Gasteiger partial charge in [0.1, 0.15) is 0 Å². The van der Waals surface area contributed by atoms with E-state index in [0.29, 0.717) is 5.95 Å². The van der Waals surface area contributed by atoms with Gasteiger partial charge in [-0.15, -0.1) is 0 Å². The maximum Gasteiger partial charge on any atom is 0.222 e. The topological polar surface area (TPSA) is 41.0 Å². The maximum atomic E-state index is 4.18. The molecule has 0 atom stereocenters. The summed E-state index contributed by atoms with van der Waals surface area (Å²) in [6.07, 6.45) is 4.55. The largest absolute Gasteiger partial charge is 0.354 e. The first-order chi connectivity index (χ1) is 9.74. The highest BCUT2D eigenvalue weighted by Crippen LogP contribution is 2.07. The van der Waals surface area contributed by atoms with Gasteiger partial charge in [0.15, 0.2) is 0 Å². The van der Waals surface area contributed by atoms with Gasteiger partial charge in [0, 0.05) is 25.5 Å². The van der Waals surface area contributed by atoms with Crippen LogP contribution in [0.5, 0.6) is 0 Å². The minimum atomic E-state index is 0.680. The van der Waals surface area contributed by atoms with Crippen LogP contribution in [0.2, 0.25) is 0 Å². The number of hydrogen-bond donors (Lipinski definition) is 1. The lowest BCUT2D eigenvalue weighted by molar-refractivity contribution is 0.325. The molecule has 0 saturated carbocycles. The summed E-state index contributed by atoms with van der Waals surface area (Å²) in [5, 5.41) is 3.22. The molecule has 20 heavy (non-hydrogen) atoms. The molecule has 0 unspecified atom stereocenters. The number of hydrogen-bond acceptors (Lipinski definition) is 4. The Morgan fingerprint density at radius 1 is 1.15 bits per heavy atom. The van der Waals surface area contributed by atoms with E-state index in [2.05, 4.69) is 67.4 Å². The van der Waals surface area contributed by atoms with Crippen molar-refractivity contribution in [3.63, 3.8) is 0 Å². The number of nitrogens with one attached hydrogen (secondary N) is 1. The van der Waals surface area contributed by atoms with Gasteiger partial charge in [0.2, 0.25) is 5.95 Å². The van der Waals surface area contributed by atoms with Crippen molar-refractivity contribution in [1.82, 2.24) is 14.9 Å². The molecule has 4 nitrogen and oxygen atoms in total. The first kappa shape index (κ1) is 14.9. The summed E-state index contributed by atoms with van der Waals surface area (Å²) in [6.45, 7) is 2.90. The van der Waals surface area contributed by atoms with Crippen LogP contribution in [0.4, 0.5) is 5.95 Å². The van der Waals surface area contributed by atoms with Gasteiger partial charge in [-0.3, -0.25) is 0 Å². The summed E-state index contributed by atoms with van der Waals surface area (Å²) in [5.74, 6) is 0.680. The summed E-state index contributed by atoms with van der Waals surface area (Å²) in [6, 6.07) is 10.5. The van der Waals surface area contributed by atoms with Crippen molar-refractivity contribution in [2.45, 2.75) is 13.0 Å². The second-order valence-corrected chi connectivity index (χ2v) is 5.64. The third-order valence-electron chi connectivity index (χ3n) is 2.92. The monoisotopic (exact) mass is 334 g/mol. The molecule has 1 heterocycles. The van der Waals surface area contributed by atoms with Gasteiger partial charge >= 0.3 is 0 Å². The Bertz CT molecular complexity index is 501. The zero-order valence-electron chi connectivity index (χ0n) is 11.6. The zero-order valence-corrected chi connectivity index (χ0v) is 13.2. The van der Waals surface area contributed by atoms with Gasteiger partial charge < -0.3 is 10.2 Å². The molecular formula is C15H19BrN4. The normalized spacial score (nSPS) is 10.8. The lowest BCUT2D eigenvalue weighted by Gasteiger charge is -2.16. The van der Waals surface area contributed by atoms with Gasteiger partial charge in [-0.25, -0.2) is 9.97 Å². The van der Waals surface area contributed by atoms with Gasteiger partial charge in [0.05, 0.1) is 4.47 Å². The second-order valence-electron chi connectivity index (χ2n) is 4.73. The zero-order chi connectivity index (χ0) is 14.2. The van der Waals surface area contributed by atoms with E-state index in [9.17, 15) is 0 Å². The van der Waals surface area contributed by atoms with Crippen molar-refractivity contribution in [2.75, 3.05) is 25.5 Å². The van der Waals surface area contributed by atoms with Crippen molar-refractivity contribution >= 4 is 21.9 Å². The Labute approximate surface area is 128 Å². The number of rotatable bonds is 7. The van der Waals surface area contributed by atoms with E-state index in [1.165, 1.54) is 5.56 Å². The average Bonchev–Trinajstić information content (AvgIpc) is 2.46. The molecule has 1 aromatic carbocycles. The van der Waals surface area contributed by atoms with Crippen LogP contribution < -0.4 is 5.32 Å². The number of aromatic nitrogens is 2. The molecular weight excluding hydrogens is 316 g/mol. The van der Waals surface area contributed by atoms with Gasteiger partial charge in [-0.05, 0) is 41.5 Å². The minimum Gasteiger partial charge on any atom is -0.354 e. The summed E-state index contributed by atoms with van der Waals surface area (Å²) >= 11 is 3.32. The summed E-state index contributed by atoms with van der Waals surface area (Å²) in [7, 11) is 2.14. The average molecular weight is 335 g/mol. The Morgan fingerprint density at radius 2 is 1.85 bits per heavy atom. The first-order valence-corrected chi connectivity index (χ1v) is 7.47. The number of benzene rings is 1. The van der Waals surface area contributed by atoms with Crippen LogP contribution in [0.3, 0.4) is 0 Å². The highest BCUT2D eigenvalue weighted by molar-refractivity contribution is 9.10. The molecule has 0 bridgehead atoms. The number of anilines is 1. The van der Waals surface area contributed by atoms with E-state index >= 15 is 0 Å². The minimum absolute atomic E-state index is 0.680. The Kier molecular flexibility index (Phi) is 5.95. The SMILES string of the molecule is CN(CCCNc1ncc(Br)cn1)Cc1ccccc1. The highest BCUT2D eigenvalue weighted by atomic mass is 79.9. The third-order valence-corrected chi connectivity index (χ3v) is 3.32. The van der Waals surface area contributed by atoms with Crippen LogP contribution in [0, 0.1) is 0 Å². The molecule has 1 N–H and O–H groups in total. The summed E-state index contributed by atoms with van der Waals surface area (Å²) in [5.41, 5.74) is 1.35. The van der Waals surface area contributed by atoms with Gasteiger partial charge in [0.25, 0.3) is 0 Å². The second kappa shape index (κ2) is 7.97. The van der Waals surface area contributed by atoms with Crippen LogP contribution in [0.25, 0.3) is 0 Å². The first-order valence-electron chi connectivity index (χ1n) is 6.68. The lowest BCUT2D eigenvalue weighted by Crippen LogP contribution is -2.21. The van der Waals surface area contributed by atoms with Crippen molar-refractivity contribution < 1.29 is 0 Å². The van der Waals surface area contributed by atoms with Gasteiger partial charge in [-0.2, -0.15) is 0 Å². The molecule has 0 aliphatic rings. The summed E-state index contributed by atoms with van der Waals surface area (Å²) < 4.78 is 0.894. The van der Waals surface area contributed by atoms with Crippen molar-refractivity contribution in [1.29, 1.82) is 0 Å². The van der Waals surface area contributed by atoms with Crippen molar-refractivity contribution in [3.8, 4) is 0 Å². The fourth-order valence-corrected chi connectivity index (χ4v) is 2.13. The molecule has 2 aromatic rings. The molecule has 0 spiro atoms. The van der Waals surface area contributed by atoms with E-state index in [1.54, 1.807) is 12.4 Å². The number of nitrogens with zero attached hydrogens (tertiary/aromatic N) is 3. The Hall–Kier alpha value is -1.46. The predicted molar refractivity (Wildman–Crippen MR) is 85.6 cm³/mol. The quantitative estimate of drug-likeness (QED) is 0.789. The maximum absolute atomic E-state index is 4.18. The molecule has 0 radical (unpaired) electrons. The molecule has 2 rings (SSSR count). The Balaban J connectivity index is 1.64. The van der Waals surface area contributed by atoms with Crippen molar-refractivity contribution in [3.05, 3.63) is 52.8 Å². The molecule has 106 valence electrons. The molecule has 5 heteroatoms. The smallest absolute Gasteiger partial charge is 0.222 e. The summed E-state index contributed by atoms with van der Waals surface area (Å²) in [4.78, 5) is 10.7. The van der Waals surface area contributed by atoms with E-state index in [1.807, 2.05) is 6.07 Å². The molecule has 1 aromatic heterocycles. The van der Waals surface area contributed by atoms with E-state index in [4.69, 9.17) is 0 Å². The third kappa shape index (κ3) is 5.27. The van der Waals surface area contributed by atoms with Crippen LogP contribution >= 0.6 is 15.9 Å². The van der Waals surface area contributed by atoms with E-state index in [0.717, 1.165) is 30.5 Å². The van der Waals surface area contributed by atoms with E-state index in [-0.39, 0.29) is 0 Å². The molecule has 0 fully saturated rings. The van der Waals surface area contributed by atoms with Crippen LogP contribution in [0.1, 0.15) is 12.0 Å². The lowest BCUT2D eigenvalue weighted by atomic mass is 10.2. The Morgan fingerprint density at radius 3 is 2.55 bits per heavy atom. The highest BCUT2D eigenvalue weighted by Gasteiger charge is 2.00. The fourth-order valence-electron chi connectivity index (χ4n) is 1.93. The predicted octanol–water partition coefficient (Wildman–Crippen LogP) is 3.17. The fraction of sp³-hybridized carbons (Fsp3) is 0.333.